The van der Waals surface area contributed by atoms with Crippen molar-refractivity contribution in [2.75, 3.05) is 0 Å². The smallest absolute Gasteiger partial charge is 0.416 e. The van der Waals surface area contributed by atoms with Gasteiger partial charge in [-0.25, -0.2) is 5.43 Å². The van der Waals surface area contributed by atoms with E-state index < -0.39 is 17.6 Å². The molecule has 1 N–H and O–H groups in total. The van der Waals surface area contributed by atoms with Crippen molar-refractivity contribution in [1.29, 1.82) is 0 Å². The second kappa shape index (κ2) is 6.43. The molecule has 0 saturated heterocycles. The van der Waals surface area contributed by atoms with Gasteiger partial charge in [0.1, 0.15) is 5.58 Å². The molecule has 1 amide bonds. The van der Waals surface area contributed by atoms with E-state index in [0.717, 1.165) is 23.7 Å². The molecular formula is C18H13F3N2O2. The number of furan rings is 1. The fourth-order valence-electron chi connectivity index (χ4n) is 2.40. The van der Waals surface area contributed by atoms with E-state index in [4.69, 9.17) is 4.42 Å². The van der Waals surface area contributed by atoms with Crippen LogP contribution in [0.4, 0.5) is 13.2 Å². The summed E-state index contributed by atoms with van der Waals surface area (Å²) in [4.78, 5) is 12.2. The van der Waals surface area contributed by atoms with Gasteiger partial charge in [0.05, 0.1) is 11.8 Å². The highest BCUT2D eigenvalue weighted by atomic mass is 19.4. The quantitative estimate of drug-likeness (QED) is 0.560. The van der Waals surface area contributed by atoms with Crippen LogP contribution in [0.25, 0.3) is 11.0 Å². The molecule has 2 aromatic carbocycles. The monoisotopic (exact) mass is 346 g/mol. The minimum absolute atomic E-state index is 0.113. The Balaban J connectivity index is 1.75. The van der Waals surface area contributed by atoms with Gasteiger partial charge in [-0.3, -0.25) is 4.79 Å². The normalized spacial score (nSPS) is 12.0. The number of para-hydroxylation sites is 1. The van der Waals surface area contributed by atoms with Gasteiger partial charge in [0.25, 0.3) is 0 Å². The molecule has 0 spiro atoms. The lowest BCUT2D eigenvalue weighted by molar-refractivity contribution is -0.137. The third-order valence-electron chi connectivity index (χ3n) is 3.64. The average Bonchev–Trinajstić information content (AvgIpc) is 2.92. The Hall–Kier alpha value is -3.09. The van der Waals surface area contributed by atoms with Crippen LogP contribution in [-0.4, -0.2) is 12.1 Å². The number of rotatable bonds is 3. The number of fused-ring (bicyclic) bond motifs is 1. The van der Waals surface area contributed by atoms with Crippen LogP contribution < -0.4 is 5.43 Å². The number of hydrogen-bond acceptors (Lipinski definition) is 3. The van der Waals surface area contributed by atoms with E-state index in [0.29, 0.717) is 11.1 Å². The Kier molecular flexibility index (Phi) is 4.31. The molecule has 0 aliphatic carbocycles. The number of nitrogens with one attached hydrogen (secondary N) is 1. The first-order chi connectivity index (χ1) is 11.9. The summed E-state index contributed by atoms with van der Waals surface area (Å²) in [5.74, 6) is -0.459. The van der Waals surface area contributed by atoms with E-state index in [9.17, 15) is 18.0 Å². The highest BCUT2D eigenvalue weighted by molar-refractivity contribution is 5.99. The number of alkyl halides is 3. The van der Waals surface area contributed by atoms with Gasteiger partial charge in [-0.1, -0.05) is 30.3 Å². The molecular weight excluding hydrogens is 333 g/mol. The number of nitrogens with zero attached hydrogens (tertiary/aromatic N) is 1. The summed E-state index contributed by atoms with van der Waals surface area (Å²) < 4.78 is 43.5. The Morgan fingerprint density at radius 2 is 1.92 bits per heavy atom. The van der Waals surface area contributed by atoms with E-state index in [-0.39, 0.29) is 11.3 Å². The summed E-state index contributed by atoms with van der Waals surface area (Å²) in [7, 11) is 0. The van der Waals surface area contributed by atoms with Gasteiger partial charge in [0.2, 0.25) is 0 Å². The second-order valence-corrected chi connectivity index (χ2v) is 5.37. The van der Waals surface area contributed by atoms with Crippen molar-refractivity contribution < 1.29 is 22.4 Å². The van der Waals surface area contributed by atoms with E-state index in [2.05, 4.69) is 10.5 Å². The van der Waals surface area contributed by atoms with Crippen molar-refractivity contribution >= 4 is 23.1 Å². The summed E-state index contributed by atoms with van der Waals surface area (Å²) in [5.41, 5.74) is 2.95. The third-order valence-corrected chi connectivity index (χ3v) is 3.64. The summed E-state index contributed by atoms with van der Waals surface area (Å²) in [6, 6.07) is 11.8. The predicted octanol–water partition coefficient (Wildman–Crippen LogP) is 4.52. The van der Waals surface area contributed by atoms with Crippen molar-refractivity contribution in [3.8, 4) is 0 Å². The molecule has 1 heterocycles. The van der Waals surface area contributed by atoms with Crippen LogP contribution >= 0.6 is 0 Å². The lowest BCUT2D eigenvalue weighted by Crippen LogP contribution is -2.17. The van der Waals surface area contributed by atoms with Gasteiger partial charge in [-0.15, -0.1) is 0 Å². The number of carbonyl (C=O) groups is 1. The third kappa shape index (κ3) is 3.55. The van der Waals surface area contributed by atoms with Crippen LogP contribution in [0.1, 0.15) is 27.2 Å². The molecule has 0 radical (unpaired) electrons. The molecule has 0 aliphatic rings. The van der Waals surface area contributed by atoms with E-state index in [1.54, 1.807) is 19.1 Å². The van der Waals surface area contributed by atoms with Gasteiger partial charge < -0.3 is 4.42 Å². The predicted molar refractivity (Wildman–Crippen MR) is 87.5 cm³/mol. The molecule has 3 aromatic rings. The molecule has 0 aliphatic heterocycles. The van der Waals surface area contributed by atoms with Crippen molar-refractivity contribution in [1.82, 2.24) is 5.43 Å². The van der Waals surface area contributed by atoms with Gasteiger partial charge in [0.15, 0.2) is 5.76 Å². The fourth-order valence-corrected chi connectivity index (χ4v) is 2.40. The molecule has 0 fully saturated rings. The van der Waals surface area contributed by atoms with Crippen LogP contribution in [0.15, 0.2) is 58.0 Å². The zero-order chi connectivity index (χ0) is 18.0. The van der Waals surface area contributed by atoms with Crippen LogP contribution in [0.2, 0.25) is 0 Å². The summed E-state index contributed by atoms with van der Waals surface area (Å²) in [6.07, 6.45) is -3.29. The first-order valence-corrected chi connectivity index (χ1v) is 7.35. The molecule has 25 heavy (non-hydrogen) atoms. The largest absolute Gasteiger partial charge is 0.451 e. The van der Waals surface area contributed by atoms with Crippen molar-refractivity contribution in [3.05, 3.63) is 71.0 Å². The van der Waals surface area contributed by atoms with E-state index >= 15 is 0 Å². The molecule has 0 atom stereocenters. The SMILES string of the molecule is Cc1c(C(=O)N/N=C\c2cccc(C(F)(F)F)c2)oc2ccccc12. The maximum atomic E-state index is 12.7. The Labute approximate surface area is 140 Å². The van der Waals surface area contributed by atoms with Crippen molar-refractivity contribution in [3.63, 3.8) is 0 Å². The molecule has 4 nitrogen and oxygen atoms in total. The van der Waals surface area contributed by atoms with Crippen molar-refractivity contribution in [2.24, 2.45) is 5.10 Å². The number of aryl methyl sites for hydroxylation is 1. The Bertz CT molecular complexity index is 958. The molecule has 0 unspecified atom stereocenters. The Morgan fingerprint density at radius 1 is 1.16 bits per heavy atom. The van der Waals surface area contributed by atoms with Gasteiger partial charge in [-0.2, -0.15) is 18.3 Å². The van der Waals surface area contributed by atoms with Gasteiger partial charge in [0, 0.05) is 10.9 Å². The molecule has 0 bridgehead atoms. The average molecular weight is 346 g/mol. The number of amides is 1. The fraction of sp³-hybridized carbons (Fsp3) is 0.111. The lowest BCUT2D eigenvalue weighted by atomic mass is 10.1. The zero-order valence-corrected chi connectivity index (χ0v) is 13.1. The Morgan fingerprint density at radius 3 is 2.64 bits per heavy atom. The molecule has 128 valence electrons. The highest BCUT2D eigenvalue weighted by Crippen LogP contribution is 2.29. The van der Waals surface area contributed by atoms with Crippen LogP contribution in [-0.2, 0) is 6.18 Å². The summed E-state index contributed by atoms with van der Waals surface area (Å²) >= 11 is 0. The van der Waals surface area contributed by atoms with E-state index in [1.165, 1.54) is 12.1 Å². The van der Waals surface area contributed by atoms with Crippen molar-refractivity contribution in [2.45, 2.75) is 13.1 Å². The summed E-state index contributed by atoms with van der Waals surface area (Å²) in [6.45, 7) is 1.75. The minimum Gasteiger partial charge on any atom is -0.451 e. The number of hydrogen-bond donors (Lipinski definition) is 1. The maximum absolute atomic E-state index is 12.7. The minimum atomic E-state index is -4.43. The molecule has 1 aromatic heterocycles. The van der Waals surface area contributed by atoms with Gasteiger partial charge >= 0.3 is 12.1 Å². The van der Waals surface area contributed by atoms with Gasteiger partial charge in [-0.05, 0) is 30.7 Å². The first kappa shape index (κ1) is 16.8. The molecule has 7 heteroatoms. The lowest BCUT2D eigenvalue weighted by Gasteiger charge is -2.06. The maximum Gasteiger partial charge on any atom is 0.416 e. The molecule has 0 saturated carbocycles. The number of hydrazone groups is 1. The summed E-state index contributed by atoms with van der Waals surface area (Å²) in [5, 5.41) is 4.51. The molecule has 3 rings (SSSR count). The topological polar surface area (TPSA) is 54.6 Å². The standard InChI is InChI=1S/C18H13F3N2O2/c1-11-14-7-2-3-8-15(14)25-16(11)17(24)23-22-10-12-5-4-6-13(9-12)18(19,20)21/h2-10H,1H3,(H,23,24)/b22-10-. The highest BCUT2D eigenvalue weighted by Gasteiger charge is 2.30. The van der Waals surface area contributed by atoms with Crippen LogP contribution in [0.3, 0.4) is 0 Å². The zero-order valence-electron chi connectivity index (χ0n) is 13.1. The van der Waals surface area contributed by atoms with Crippen LogP contribution in [0, 0.1) is 6.92 Å². The number of benzene rings is 2. The number of halogens is 3. The van der Waals surface area contributed by atoms with E-state index in [1.807, 2.05) is 12.1 Å². The second-order valence-electron chi connectivity index (χ2n) is 5.37. The first-order valence-electron chi connectivity index (χ1n) is 7.35. The van der Waals surface area contributed by atoms with Crippen LogP contribution in [0.5, 0.6) is 0 Å². The number of carbonyl (C=O) groups excluding carboxylic acids is 1.